The van der Waals surface area contributed by atoms with E-state index in [1.54, 1.807) is 0 Å². The highest BCUT2D eigenvalue weighted by atomic mass is 16.3. The van der Waals surface area contributed by atoms with Crippen molar-refractivity contribution in [1.29, 1.82) is 0 Å². The van der Waals surface area contributed by atoms with E-state index in [9.17, 15) is 9.90 Å². The fourth-order valence-electron chi connectivity index (χ4n) is 3.10. The van der Waals surface area contributed by atoms with Gasteiger partial charge >= 0.3 is 0 Å². The van der Waals surface area contributed by atoms with Crippen LogP contribution < -0.4 is 0 Å². The molecule has 1 aliphatic carbocycles. The van der Waals surface area contributed by atoms with Crippen LogP contribution in [0.25, 0.3) is 0 Å². The fourth-order valence-corrected chi connectivity index (χ4v) is 3.10. The van der Waals surface area contributed by atoms with E-state index in [2.05, 4.69) is 12.1 Å². The average Bonchev–Trinajstić information content (AvgIpc) is 2.85. The first-order chi connectivity index (χ1) is 9.29. The smallest absolute Gasteiger partial charge is 0.254 e. The molecule has 1 aromatic carbocycles. The van der Waals surface area contributed by atoms with Crippen molar-refractivity contribution < 1.29 is 9.90 Å². The monoisotopic (exact) mass is 259 g/mol. The molecule has 0 radical (unpaired) electrons. The van der Waals surface area contributed by atoms with Crippen LogP contribution in [0.15, 0.2) is 24.3 Å². The molecular weight excluding hydrogens is 238 g/mol. The number of carbonyl (C=O) groups excluding carboxylic acids is 1. The van der Waals surface area contributed by atoms with Crippen molar-refractivity contribution in [2.24, 2.45) is 0 Å². The molecule has 1 saturated carbocycles. The highest BCUT2D eigenvalue weighted by Gasteiger charge is 2.29. The zero-order valence-electron chi connectivity index (χ0n) is 11.2. The van der Waals surface area contributed by atoms with E-state index in [4.69, 9.17) is 0 Å². The fraction of sp³-hybridized carbons (Fsp3) is 0.562. The van der Waals surface area contributed by atoms with Crippen LogP contribution in [0, 0.1) is 0 Å². The van der Waals surface area contributed by atoms with Crippen LogP contribution in [0.4, 0.5) is 0 Å². The molecule has 1 saturated heterocycles. The first kappa shape index (κ1) is 12.7. The van der Waals surface area contributed by atoms with Crippen molar-refractivity contribution in [3.8, 4) is 0 Å². The van der Waals surface area contributed by atoms with Gasteiger partial charge in [0, 0.05) is 12.1 Å². The lowest BCUT2D eigenvalue weighted by Gasteiger charge is -2.26. The summed E-state index contributed by atoms with van der Waals surface area (Å²) in [4.78, 5) is 14.2. The van der Waals surface area contributed by atoms with Gasteiger partial charge in [-0.05, 0) is 49.3 Å². The molecule has 102 valence electrons. The summed E-state index contributed by atoms with van der Waals surface area (Å²) in [5.74, 6) is 0.776. The molecule has 0 spiro atoms. The standard InChI is InChI=1S/C16H21NO2/c18-11-15-5-2-10-17(15)16(19)14-8-6-13(7-9-14)12-3-1-4-12/h6-9,12,15,18H,1-5,10-11H2/t15-/m0/s1. The summed E-state index contributed by atoms with van der Waals surface area (Å²) in [6.45, 7) is 0.848. The molecule has 0 aromatic heterocycles. The molecule has 2 fully saturated rings. The molecule has 19 heavy (non-hydrogen) atoms. The number of hydrogen-bond donors (Lipinski definition) is 1. The van der Waals surface area contributed by atoms with E-state index in [0.717, 1.165) is 24.9 Å². The van der Waals surface area contributed by atoms with Gasteiger partial charge in [-0.15, -0.1) is 0 Å². The Hall–Kier alpha value is -1.35. The van der Waals surface area contributed by atoms with Crippen molar-refractivity contribution in [3.63, 3.8) is 0 Å². The summed E-state index contributed by atoms with van der Waals surface area (Å²) in [7, 11) is 0. The molecule has 3 rings (SSSR count). The Kier molecular flexibility index (Phi) is 3.56. The van der Waals surface area contributed by atoms with Crippen molar-refractivity contribution in [2.45, 2.75) is 44.1 Å². The van der Waals surface area contributed by atoms with E-state index >= 15 is 0 Å². The number of hydrogen-bond acceptors (Lipinski definition) is 2. The van der Waals surface area contributed by atoms with Crippen LogP contribution in [0.1, 0.15) is 53.9 Å². The number of aliphatic hydroxyl groups excluding tert-OH is 1. The Morgan fingerprint density at radius 2 is 1.89 bits per heavy atom. The van der Waals surface area contributed by atoms with Gasteiger partial charge in [-0.3, -0.25) is 4.79 Å². The van der Waals surface area contributed by atoms with Crippen LogP contribution in [0.3, 0.4) is 0 Å². The summed E-state index contributed by atoms with van der Waals surface area (Å²) in [6, 6.07) is 8.10. The van der Waals surface area contributed by atoms with Crippen LogP contribution in [-0.2, 0) is 0 Å². The zero-order valence-corrected chi connectivity index (χ0v) is 11.2. The summed E-state index contributed by atoms with van der Waals surface area (Å²) >= 11 is 0. The third-order valence-electron chi connectivity index (χ3n) is 4.58. The Labute approximate surface area is 114 Å². The Bertz CT molecular complexity index is 450. The van der Waals surface area contributed by atoms with Gasteiger partial charge in [0.15, 0.2) is 0 Å². The molecule has 0 bridgehead atoms. The third-order valence-corrected chi connectivity index (χ3v) is 4.58. The molecular formula is C16H21NO2. The van der Waals surface area contributed by atoms with Crippen LogP contribution in [0.5, 0.6) is 0 Å². The molecule has 1 N–H and O–H groups in total. The van der Waals surface area contributed by atoms with Crippen molar-refractivity contribution in [1.82, 2.24) is 4.90 Å². The minimum atomic E-state index is 0.0128. The highest BCUT2D eigenvalue weighted by molar-refractivity contribution is 5.94. The molecule has 1 aromatic rings. The summed E-state index contributed by atoms with van der Waals surface area (Å²) in [5, 5.41) is 9.29. The largest absolute Gasteiger partial charge is 0.394 e. The van der Waals surface area contributed by atoms with E-state index in [0.29, 0.717) is 5.92 Å². The minimum Gasteiger partial charge on any atom is -0.394 e. The lowest BCUT2D eigenvalue weighted by molar-refractivity contribution is 0.0677. The van der Waals surface area contributed by atoms with Crippen LogP contribution >= 0.6 is 0 Å². The normalized spacial score (nSPS) is 23.4. The van der Waals surface area contributed by atoms with Gasteiger partial charge in [0.2, 0.25) is 0 Å². The first-order valence-corrected chi connectivity index (χ1v) is 7.31. The van der Waals surface area contributed by atoms with E-state index in [1.807, 2.05) is 17.0 Å². The summed E-state index contributed by atoms with van der Waals surface area (Å²) < 4.78 is 0. The number of likely N-dealkylation sites (tertiary alicyclic amines) is 1. The second-order valence-corrected chi connectivity index (χ2v) is 5.73. The van der Waals surface area contributed by atoms with Crippen molar-refractivity contribution in [3.05, 3.63) is 35.4 Å². The van der Waals surface area contributed by atoms with Gasteiger partial charge in [-0.2, -0.15) is 0 Å². The second-order valence-electron chi connectivity index (χ2n) is 5.73. The summed E-state index contributed by atoms with van der Waals surface area (Å²) in [6.07, 6.45) is 5.81. The number of benzene rings is 1. The SMILES string of the molecule is O=C(c1ccc(C2CCC2)cc1)N1CCC[C@H]1CO. The number of amides is 1. The lowest BCUT2D eigenvalue weighted by Crippen LogP contribution is -2.37. The average molecular weight is 259 g/mol. The minimum absolute atomic E-state index is 0.0128. The van der Waals surface area contributed by atoms with Crippen LogP contribution in [-0.4, -0.2) is 35.1 Å². The van der Waals surface area contributed by atoms with Crippen LogP contribution in [0.2, 0.25) is 0 Å². The first-order valence-electron chi connectivity index (χ1n) is 7.31. The number of carbonyl (C=O) groups is 1. The topological polar surface area (TPSA) is 40.5 Å². The van der Waals surface area contributed by atoms with Gasteiger partial charge in [-0.1, -0.05) is 18.6 Å². The molecule has 2 aliphatic rings. The lowest BCUT2D eigenvalue weighted by atomic mass is 9.80. The number of rotatable bonds is 3. The van der Waals surface area contributed by atoms with Crippen molar-refractivity contribution in [2.75, 3.05) is 13.2 Å². The third kappa shape index (κ3) is 2.39. The molecule has 1 aliphatic heterocycles. The van der Waals surface area contributed by atoms with Gasteiger partial charge in [0.25, 0.3) is 5.91 Å². The van der Waals surface area contributed by atoms with Gasteiger partial charge < -0.3 is 10.0 Å². The maximum Gasteiger partial charge on any atom is 0.254 e. The predicted octanol–water partition coefficient (Wildman–Crippen LogP) is 2.55. The Morgan fingerprint density at radius 3 is 2.47 bits per heavy atom. The molecule has 3 heteroatoms. The molecule has 1 amide bonds. The highest BCUT2D eigenvalue weighted by Crippen LogP contribution is 2.36. The molecule has 1 atom stereocenters. The maximum absolute atomic E-state index is 12.4. The maximum atomic E-state index is 12.4. The quantitative estimate of drug-likeness (QED) is 0.906. The van der Waals surface area contributed by atoms with Gasteiger partial charge in [0.05, 0.1) is 12.6 Å². The second kappa shape index (κ2) is 5.33. The Balaban J connectivity index is 1.72. The predicted molar refractivity (Wildman–Crippen MR) is 74.2 cm³/mol. The molecule has 1 heterocycles. The van der Waals surface area contributed by atoms with E-state index < -0.39 is 0 Å². The van der Waals surface area contributed by atoms with Gasteiger partial charge in [-0.25, -0.2) is 0 Å². The van der Waals surface area contributed by atoms with E-state index in [-0.39, 0.29) is 18.6 Å². The molecule has 3 nitrogen and oxygen atoms in total. The van der Waals surface area contributed by atoms with E-state index in [1.165, 1.54) is 24.8 Å². The van der Waals surface area contributed by atoms with Crippen molar-refractivity contribution >= 4 is 5.91 Å². The zero-order chi connectivity index (χ0) is 13.2. The number of nitrogens with zero attached hydrogens (tertiary/aromatic N) is 1. The Morgan fingerprint density at radius 1 is 1.16 bits per heavy atom. The number of aliphatic hydroxyl groups is 1. The van der Waals surface area contributed by atoms with Gasteiger partial charge in [0.1, 0.15) is 0 Å². The summed E-state index contributed by atoms with van der Waals surface area (Å²) in [5.41, 5.74) is 2.12. The molecule has 0 unspecified atom stereocenters.